The molecule has 0 saturated carbocycles. The normalized spacial score (nSPS) is 14.6. The molecule has 6 nitrogen and oxygen atoms in total. The van der Waals surface area contributed by atoms with Crippen molar-refractivity contribution in [3.05, 3.63) is 23.8 Å². The Morgan fingerprint density at radius 1 is 1.43 bits per heavy atom. The lowest BCUT2D eigenvalue weighted by Gasteiger charge is -2.28. The largest absolute Gasteiger partial charge is 0.312 e. The summed E-state index contributed by atoms with van der Waals surface area (Å²) >= 11 is 0. The number of aldehydes is 1. The molecule has 7 heteroatoms. The van der Waals surface area contributed by atoms with Crippen LogP contribution in [-0.2, 0) is 26.0 Å². The lowest BCUT2D eigenvalue weighted by Crippen LogP contribution is -2.33. The Kier molecular flexibility index (Phi) is 4.74. The molecule has 0 aliphatic carbocycles. The third-order valence-electron chi connectivity index (χ3n) is 3.41. The Bertz CT molecular complexity index is 655. The van der Waals surface area contributed by atoms with Crippen molar-refractivity contribution < 1.29 is 18.0 Å². The molecule has 1 aliphatic heterocycles. The third kappa shape index (κ3) is 3.48. The number of hydrogen-bond acceptors (Lipinski definition) is 4. The second-order valence-corrected chi connectivity index (χ2v) is 6.68. The molecule has 21 heavy (non-hydrogen) atoms. The highest BCUT2D eigenvalue weighted by Gasteiger charge is 2.22. The van der Waals surface area contributed by atoms with Gasteiger partial charge in [-0.15, -0.1) is 0 Å². The van der Waals surface area contributed by atoms with Gasteiger partial charge in [-0.1, -0.05) is 0 Å². The Labute approximate surface area is 124 Å². The molecule has 0 radical (unpaired) electrons. The van der Waals surface area contributed by atoms with Gasteiger partial charge in [0.25, 0.3) is 0 Å². The number of hydrogen-bond donors (Lipinski definition) is 1. The van der Waals surface area contributed by atoms with E-state index in [0.717, 1.165) is 24.1 Å². The zero-order valence-corrected chi connectivity index (χ0v) is 12.6. The van der Waals surface area contributed by atoms with Crippen molar-refractivity contribution in [3.63, 3.8) is 0 Å². The van der Waals surface area contributed by atoms with E-state index in [9.17, 15) is 18.0 Å². The summed E-state index contributed by atoms with van der Waals surface area (Å²) in [5.74, 6) is -0.0457. The van der Waals surface area contributed by atoms with E-state index >= 15 is 0 Å². The molecule has 0 atom stereocenters. The molecule has 1 heterocycles. The zero-order valence-electron chi connectivity index (χ0n) is 11.8. The number of anilines is 1. The molecular formula is C14H18N2O4S. The molecule has 0 fully saturated rings. The van der Waals surface area contributed by atoms with E-state index in [1.807, 2.05) is 0 Å². The van der Waals surface area contributed by atoms with Crippen molar-refractivity contribution in [1.29, 1.82) is 0 Å². The number of nitrogens with zero attached hydrogens (tertiary/aromatic N) is 1. The first-order valence-electron chi connectivity index (χ1n) is 6.80. The first-order chi connectivity index (χ1) is 9.95. The molecule has 1 amide bonds. The van der Waals surface area contributed by atoms with Crippen molar-refractivity contribution in [2.75, 3.05) is 18.0 Å². The van der Waals surface area contributed by atoms with Crippen LogP contribution >= 0.6 is 0 Å². The Hall–Kier alpha value is -1.73. The fourth-order valence-electron chi connectivity index (χ4n) is 2.40. The molecule has 2 rings (SSSR count). The van der Waals surface area contributed by atoms with Gasteiger partial charge in [-0.2, -0.15) is 0 Å². The van der Waals surface area contributed by atoms with Gasteiger partial charge in [-0.3, -0.25) is 4.79 Å². The van der Waals surface area contributed by atoms with E-state index in [1.165, 1.54) is 13.0 Å². The van der Waals surface area contributed by atoms with Gasteiger partial charge in [0.05, 0.1) is 4.90 Å². The SMILES string of the molecule is CC(=O)N1CCCc2cc(S(=O)(=O)NCCC=O)ccc21. The Balaban J connectivity index is 2.28. The second kappa shape index (κ2) is 6.36. The molecule has 0 unspecified atom stereocenters. The summed E-state index contributed by atoms with van der Waals surface area (Å²) in [5, 5.41) is 0. The van der Waals surface area contributed by atoms with Crippen LogP contribution in [0.2, 0.25) is 0 Å². The molecule has 0 bridgehead atoms. The van der Waals surface area contributed by atoms with Crippen LogP contribution in [0.1, 0.15) is 25.3 Å². The first-order valence-corrected chi connectivity index (χ1v) is 8.28. The van der Waals surface area contributed by atoms with Gasteiger partial charge < -0.3 is 9.69 Å². The van der Waals surface area contributed by atoms with Gasteiger partial charge in [-0.25, -0.2) is 13.1 Å². The summed E-state index contributed by atoms with van der Waals surface area (Å²) in [7, 11) is -3.62. The first kappa shape index (κ1) is 15.7. The monoisotopic (exact) mass is 310 g/mol. The van der Waals surface area contributed by atoms with Crippen molar-refractivity contribution in [2.45, 2.75) is 31.1 Å². The van der Waals surface area contributed by atoms with Gasteiger partial charge in [0.1, 0.15) is 6.29 Å². The number of sulfonamides is 1. The second-order valence-electron chi connectivity index (χ2n) is 4.92. The lowest BCUT2D eigenvalue weighted by atomic mass is 10.0. The third-order valence-corrected chi connectivity index (χ3v) is 4.87. The Morgan fingerprint density at radius 2 is 2.19 bits per heavy atom. The lowest BCUT2D eigenvalue weighted by molar-refractivity contribution is -0.116. The highest BCUT2D eigenvalue weighted by atomic mass is 32.2. The van der Waals surface area contributed by atoms with Gasteiger partial charge in [0, 0.05) is 32.1 Å². The van der Waals surface area contributed by atoms with Crippen LogP contribution in [0, 0.1) is 0 Å². The van der Waals surface area contributed by atoms with Gasteiger partial charge >= 0.3 is 0 Å². The van der Waals surface area contributed by atoms with E-state index in [1.54, 1.807) is 17.0 Å². The number of carbonyl (C=O) groups is 2. The molecule has 1 aromatic rings. The minimum Gasteiger partial charge on any atom is -0.312 e. The molecule has 114 valence electrons. The fourth-order valence-corrected chi connectivity index (χ4v) is 3.50. The van der Waals surface area contributed by atoms with Crippen molar-refractivity contribution in [2.24, 2.45) is 0 Å². The molecular weight excluding hydrogens is 292 g/mol. The van der Waals surface area contributed by atoms with Crippen LogP contribution in [0.4, 0.5) is 5.69 Å². The maximum Gasteiger partial charge on any atom is 0.240 e. The average Bonchev–Trinajstić information content (AvgIpc) is 2.46. The topological polar surface area (TPSA) is 83.6 Å². The number of amides is 1. The van der Waals surface area contributed by atoms with Crippen LogP contribution < -0.4 is 9.62 Å². The summed E-state index contributed by atoms with van der Waals surface area (Å²) in [5.41, 5.74) is 1.63. The maximum atomic E-state index is 12.1. The zero-order chi connectivity index (χ0) is 15.5. The van der Waals surface area contributed by atoms with Crippen LogP contribution in [0.15, 0.2) is 23.1 Å². The summed E-state index contributed by atoms with van der Waals surface area (Å²) in [6.45, 7) is 2.25. The minimum atomic E-state index is -3.62. The number of aryl methyl sites for hydroxylation is 1. The average molecular weight is 310 g/mol. The summed E-state index contributed by atoms with van der Waals surface area (Å²) < 4.78 is 26.6. The number of fused-ring (bicyclic) bond motifs is 1. The molecule has 1 aromatic carbocycles. The van der Waals surface area contributed by atoms with Gasteiger partial charge in [0.2, 0.25) is 15.9 Å². The number of benzene rings is 1. The predicted molar refractivity (Wildman–Crippen MR) is 78.7 cm³/mol. The van der Waals surface area contributed by atoms with Crippen LogP contribution in [0.3, 0.4) is 0 Å². The smallest absolute Gasteiger partial charge is 0.240 e. The molecule has 0 spiro atoms. The van der Waals surface area contributed by atoms with Gasteiger partial charge in [-0.05, 0) is 36.6 Å². The van der Waals surface area contributed by atoms with E-state index in [4.69, 9.17) is 0 Å². The van der Waals surface area contributed by atoms with Crippen LogP contribution in [-0.4, -0.2) is 33.7 Å². The standard InChI is InChI=1S/C14H18N2O4S/c1-11(18)16-8-2-4-12-10-13(5-6-14(12)16)21(19,20)15-7-3-9-17/h5-6,9-10,15H,2-4,7-8H2,1H3. The van der Waals surface area contributed by atoms with Crippen LogP contribution in [0.5, 0.6) is 0 Å². The number of rotatable bonds is 5. The van der Waals surface area contributed by atoms with E-state index < -0.39 is 10.0 Å². The van der Waals surface area contributed by atoms with E-state index in [0.29, 0.717) is 12.8 Å². The molecule has 0 aromatic heterocycles. The predicted octanol–water partition coefficient (Wildman–Crippen LogP) is 0.853. The van der Waals surface area contributed by atoms with Crippen molar-refractivity contribution in [3.8, 4) is 0 Å². The number of nitrogens with one attached hydrogen (secondary N) is 1. The summed E-state index contributed by atoms with van der Waals surface area (Å²) in [4.78, 5) is 23.7. The summed E-state index contributed by atoms with van der Waals surface area (Å²) in [6.07, 6.45) is 2.37. The number of carbonyl (C=O) groups excluding carboxylic acids is 2. The van der Waals surface area contributed by atoms with E-state index in [2.05, 4.69) is 4.72 Å². The van der Waals surface area contributed by atoms with E-state index in [-0.39, 0.29) is 23.8 Å². The summed E-state index contributed by atoms with van der Waals surface area (Å²) in [6, 6.07) is 4.77. The minimum absolute atomic E-state index is 0.0457. The maximum absolute atomic E-state index is 12.1. The van der Waals surface area contributed by atoms with Crippen molar-refractivity contribution in [1.82, 2.24) is 4.72 Å². The highest BCUT2D eigenvalue weighted by Crippen LogP contribution is 2.29. The highest BCUT2D eigenvalue weighted by molar-refractivity contribution is 7.89. The molecule has 0 saturated heterocycles. The van der Waals surface area contributed by atoms with Crippen molar-refractivity contribution >= 4 is 27.9 Å². The quantitative estimate of drug-likeness (QED) is 0.645. The molecule has 1 N–H and O–H groups in total. The Morgan fingerprint density at radius 3 is 2.86 bits per heavy atom. The molecule has 1 aliphatic rings. The van der Waals surface area contributed by atoms with Crippen LogP contribution in [0.25, 0.3) is 0 Å². The fraction of sp³-hybridized carbons (Fsp3) is 0.429. The van der Waals surface area contributed by atoms with Gasteiger partial charge in [0.15, 0.2) is 0 Å².